The number of rotatable bonds is 9. The lowest BCUT2D eigenvalue weighted by Crippen LogP contribution is -2.43. The minimum absolute atomic E-state index is 0.125. The Morgan fingerprint density at radius 1 is 1.03 bits per heavy atom. The van der Waals surface area contributed by atoms with Crippen LogP contribution in [0.4, 0.5) is 10.5 Å². The molecule has 7 nitrogen and oxygen atoms in total. The largest absolute Gasteiger partial charge is 0.497 e. The summed E-state index contributed by atoms with van der Waals surface area (Å²) in [6, 6.07) is 19.1. The molecule has 1 aliphatic rings. The van der Waals surface area contributed by atoms with E-state index in [1.54, 1.807) is 38.3 Å². The van der Waals surface area contributed by atoms with Gasteiger partial charge in [-0.2, -0.15) is 0 Å². The van der Waals surface area contributed by atoms with E-state index >= 15 is 0 Å². The van der Waals surface area contributed by atoms with Gasteiger partial charge in [-0.1, -0.05) is 31.4 Å². The molecule has 2 aromatic carbocycles. The van der Waals surface area contributed by atoms with E-state index in [-0.39, 0.29) is 18.0 Å². The Morgan fingerprint density at radius 3 is 2.53 bits per heavy atom. The fraction of sp³-hybridized carbons (Fsp3) is 0.379. The fourth-order valence-electron chi connectivity index (χ4n) is 4.75. The SMILES string of the molecule is CCOC(=O)c1ccc(NC(=O)N(Cc2cccn2Cc2cccc(OC)c2)C2CCCCC2)cc1. The summed E-state index contributed by atoms with van der Waals surface area (Å²) in [5, 5.41) is 3.04. The van der Waals surface area contributed by atoms with Crippen LogP contribution in [0.2, 0.25) is 0 Å². The van der Waals surface area contributed by atoms with Crippen LogP contribution in [0.3, 0.4) is 0 Å². The third-order valence-corrected chi connectivity index (χ3v) is 6.67. The molecule has 36 heavy (non-hydrogen) atoms. The number of carbonyl (C=O) groups is 2. The lowest BCUT2D eigenvalue weighted by molar-refractivity contribution is 0.0526. The molecule has 1 N–H and O–H groups in total. The van der Waals surface area contributed by atoms with Gasteiger partial charge in [-0.3, -0.25) is 0 Å². The lowest BCUT2D eigenvalue weighted by atomic mass is 9.94. The summed E-state index contributed by atoms with van der Waals surface area (Å²) in [5.74, 6) is 0.467. The highest BCUT2D eigenvalue weighted by atomic mass is 16.5. The summed E-state index contributed by atoms with van der Waals surface area (Å²) in [5.41, 5.74) is 3.34. The van der Waals surface area contributed by atoms with E-state index in [1.807, 2.05) is 29.2 Å². The number of aromatic nitrogens is 1. The average Bonchev–Trinajstić information content (AvgIpc) is 3.34. The number of nitrogens with zero attached hydrogens (tertiary/aromatic N) is 2. The molecule has 2 amide bonds. The van der Waals surface area contributed by atoms with Gasteiger partial charge in [0.15, 0.2) is 0 Å². The van der Waals surface area contributed by atoms with Gasteiger partial charge in [0.1, 0.15) is 5.75 Å². The van der Waals surface area contributed by atoms with Crippen molar-refractivity contribution < 1.29 is 19.1 Å². The maximum atomic E-state index is 13.5. The molecule has 1 aliphatic carbocycles. The number of amides is 2. The molecule has 0 aliphatic heterocycles. The van der Waals surface area contributed by atoms with Crippen molar-refractivity contribution in [3.63, 3.8) is 0 Å². The molecule has 4 rings (SSSR count). The fourth-order valence-corrected chi connectivity index (χ4v) is 4.75. The van der Waals surface area contributed by atoms with Gasteiger partial charge in [0.05, 0.1) is 25.8 Å². The highest BCUT2D eigenvalue weighted by Gasteiger charge is 2.26. The Balaban J connectivity index is 1.49. The summed E-state index contributed by atoms with van der Waals surface area (Å²) in [6.45, 7) is 3.33. The molecule has 0 radical (unpaired) electrons. The second kappa shape index (κ2) is 12.3. The van der Waals surface area contributed by atoms with Crippen LogP contribution in [0.15, 0.2) is 66.9 Å². The highest BCUT2D eigenvalue weighted by Crippen LogP contribution is 2.26. The molecule has 0 unspecified atom stereocenters. The Hall–Kier alpha value is -3.74. The lowest BCUT2D eigenvalue weighted by Gasteiger charge is -2.34. The third kappa shape index (κ3) is 6.47. The predicted molar refractivity (Wildman–Crippen MR) is 140 cm³/mol. The van der Waals surface area contributed by atoms with Crippen LogP contribution >= 0.6 is 0 Å². The maximum Gasteiger partial charge on any atom is 0.338 e. The number of hydrogen-bond donors (Lipinski definition) is 1. The van der Waals surface area contributed by atoms with Crippen LogP contribution in [0.25, 0.3) is 0 Å². The van der Waals surface area contributed by atoms with E-state index in [2.05, 4.69) is 28.2 Å². The zero-order chi connectivity index (χ0) is 25.3. The molecule has 1 fully saturated rings. The molecule has 190 valence electrons. The molecule has 1 aromatic heterocycles. The highest BCUT2D eigenvalue weighted by molar-refractivity contribution is 5.92. The average molecular weight is 490 g/mol. The third-order valence-electron chi connectivity index (χ3n) is 6.67. The normalized spacial score (nSPS) is 13.7. The molecule has 0 bridgehead atoms. The molecule has 0 spiro atoms. The van der Waals surface area contributed by atoms with E-state index in [9.17, 15) is 9.59 Å². The van der Waals surface area contributed by atoms with Gasteiger partial charge >= 0.3 is 12.0 Å². The Kier molecular flexibility index (Phi) is 8.66. The van der Waals surface area contributed by atoms with Gasteiger partial charge in [0.25, 0.3) is 0 Å². The first kappa shape index (κ1) is 25.4. The topological polar surface area (TPSA) is 72.8 Å². The van der Waals surface area contributed by atoms with Gasteiger partial charge in [-0.25, -0.2) is 9.59 Å². The van der Waals surface area contributed by atoms with E-state index < -0.39 is 0 Å². The Labute approximate surface area is 213 Å². The number of urea groups is 1. The first-order valence-electron chi connectivity index (χ1n) is 12.7. The van der Waals surface area contributed by atoms with Crippen molar-refractivity contribution >= 4 is 17.7 Å². The molecular weight excluding hydrogens is 454 g/mol. The van der Waals surface area contributed by atoms with Gasteiger partial charge in [-0.15, -0.1) is 0 Å². The smallest absolute Gasteiger partial charge is 0.338 e. The Morgan fingerprint density at radius 2 is 1.81 bits per heavy atom. The van der Waals surface area contributed by atoms with E-state index in [1.165, 1.54) is 6.42 Å². The van der Waals surface area contributed by atoms with Crippen molar-refractivity contribution in [3.8, 4) is 5.75 Å². The molecular formula is C29H35N3O4. The van der Waals surface area contributed by atoms with Crippen molar-refractivity contribution in [2.45, 2.75) is 58.2 Å². The molecule has 1 saturated carbocycles. The summed E-state index contributed by atoms with van der Waals surface area (Å²) in [4.78, 5) is 27.4. The molecule has 3 aromatic rings. The summed E-state index contributed by atoms with van der Waals surface area (Å²) in [6.07, 6.45) is 7.55. The predicted octanol–water partition coefficient (Wildman–Crippen LogP) is 6.09. The number of esters is 1. The van der Waals surface area contributed by atoms with Gasteiger partial charge in [0.2, 0.25) is 0 Å². The Bertz CT molecular complexity index is 1150. The van der Waals surface area contributed by atoms with Gasteiger partial charge < -0.3 is 24.3 Å². The molecule has 7 heteroatoms. The van der Waals surface area contributed by atoms with Crippen molar-refractivity contribution in [1.82, 2.24) is 9.47 Å². The van der Waals surface area contributed by atoms with Crippen LogP contribution in [0.5, 0.6) is 5.75 Å². The van der Waals surface area contributed by atoms with Crippen LogP contribution in [-0.4, -0.2) is 41.2 Å². The number of anilines is 1. The van der Waals surface area contributed by atoms with Crippen LogP contribution in [-0.2, 0) is 17.8 Å². The first-order valence-corrected chi connectivity index (χ1v) is 12.7. The monoisotopic (exact) mass is 489 g/mol. The number of carbonyl (C=O) groups excluding carboxylic acids is 2. The summed E-state index contributed by atoms with van der Waals surface area (Å²) >= 11 is 0. The number of methoxy groups -OCH3 is 1. The maximum absolute atomic E-state index is 13.5. The van der Waals surface area contributed by atoms with Crippen molar-refractivity contribution in [2.75, 3.05) is 19.0 Å². The zero-order valence-electron chi connectivity index (χ0n) is 21.1. The molecule has 0 atom stereocenters. The minimum atomic E-state index is -0.365. The molecule has 1 heterocycles. The summed E-state index contributed by atoms with van der Waals surface area (Å²) < 4.78 is 12.6. The van der Waals surface area contributed by atoms with Crippen molar-refractivity contribution in [2.24, 2.45) is 0 Å². The number of benzene rings is 2. The number of nitrogens with one attached hydrogen (secondary N) is 1. The van der Waals surface area contributed by atoms with Gasteiger partial charge in [-0.05, 0) is 73.9 Å². The molecule has 0 saturated heterocycles. The second-order valence-corrected chi connectivity index (χ2v) is 9.13. The van der Waals surface area contributed by atoms with Crippen LogP contribution in [0.1, 0.15) is 60.6 Å². The summed E-state index contributed by atoms with van der Waals surface area (Å²) in [7, 11) is 1.67. The van der Waals surface area contributed by atoms with E-state index in [4.69, 9.17) is 9.47 Å². The minimum Gasteiger partial charge on any atom is -0.497 e. The van der Waals surface area contributed by atoms with Crippen LogP contribution in [0, 0.1) is 0 Å². The van der Waals surface area contributed by atoms with Crippen molar-refractivity contribution in [3.05, 3.63) is 83.7 Å². The van der Waals surface area contributed by atoms with Crippen molar-refractivity contribution in [1.29, 1.82) is 0 Å². The second-order valence-electron chi connectivity index (χ2n) is 9.13. The number of hydrogen-bond acceptors (Lipinski definition) is 4. The van der Waals surface area contributed by atoms with E-state index in [0.717, 1.165) is 42.7 Å². The standard InChI is InChI=1S/C29H35N3O4/c1-3-36-28(33)23-14-16-24(17-15-23)30-29(34)32(25-10-5-4-6-11-25)21-26-12-8-18-31(26)20-22-9-7-13-27(19-22)35-2/h7-9,12-19,25H,3-6,10-11,20-21H2,1-2H3,(H,30,34). The first-order chi connectivity index (χ1) is 17.6. The number of ether oxygens (including phenoxy) is 2. The van der Waals surface area contributed by atoms with Crippen LogP contribution < -0.4 is 10.1 Å². The van der Waals surface area contributed by atoms with Gasteiger partial charge in [0, 0.05) is 30.2 Å². The van der Waals surface area contributed by atoms with E-state index in [0.29, 0.717) is 30.9 Å². The zero-order valence-corrected chi connectivity index (χ0v) is 21.1. The quantitative estimate of drug-likeness (QED) is 0.369.